The maximum absolute atomic E-state index is 12.6. The van der Waals surface area contributed by atoms with Crippen molar-refractivity contribution < 1.29 is 14.3 Å². The number of methoxy groups -OCH3 is 1. The zero-order valence-electron chi connectivity index (χ0n) is 16.2. The fourth-order valence-electron chi connectivity index (χ4n) is 2.74. The highest BCUT2D eigenvalue weighted by Gasteiger charge is 2.22. The zero-order valence-corrected chi connectivity index (χ0v) is 16.2. The lowest BCUT2D eigenvalue weighted by Crippen LogP contribution is -2.47. The number of hydrogen-bond donors (Lipinski definition) is 2. The smallest absolute Gasteiger partial charge is 0.253 e. The van der Waals surface area contributed by atoms with Crippen LogP contribution in [0.2, 0.25) is 0 Å². The molecule has 0 aliphatic carbocycles. The molecule has 28 heavy (non-hydrogen) atoms. The fraction of sp³-hybridized carbons (Fsp3) is 0.333. The van der Waals surface area contributed by atoms with Gasteiger partial charge >= 0.3 is 0 Å². The van der Waals surface area contributed by atoms with Crippen LogP contribution < -0.4 is 15.4 Å². The van der Waals surface area contributed by atoms with Crippen LogP contribution in [0.15, 0.2) is 42.6 Å². The number of hydrogen-bond acceptors (Lipinski definition) is 5. The van der Waals surface area contributed by atoms with E-state index in [9.17, 15) is 9.59 Å². The molecule has 0 saturated heterocycles. The summed E-state index contributed by atoms with van der Waals surface area (Å²) in [4.78, 5) is 29.1. The van der Waals surface area contributed by atoms with Crippen LogP contribution in [0.25, 0.3) is 11.3 Å². The predicted molar refractivity (Wildman–Crippen MR) is 106 cm³/mol. The normalized spacial score (nSPS) is 11.4. The molecule has 7 heteroatoms. The Hall–Kier alpha value is -3.40. The monoisotopic (exact) mass is 380 g/mol. The van der Waals surface area contributed by atoms with Crippen molar-refractivity contribution in [3.05, 3.63) is 48.2 Å². The Kier molecular flexibility index (Phi) is 7.52. The number of nitrogens with zero attached hydrogens (tertiary/aromatic N) is 2. The van der Waals surface area contributed by atoms with E-state index in [1.165, 1.54) is 6.20 Å². The van der Waals surface area contributed by atoms with Gasteiger partial charge in [-0.25, -0.2) is 0 Å². The van der Waals surface area contributed by atoms with Gasteiger partial charge in [0.05, 0.1) is 24.4 Å². The standard InChI is InChI=1S/C21H24N4O3/c1-14(2)12-18(21(27)23-11-10-22)25-20(26)15-8-9-17(24-13-15)16-6-4-5-7-19(16)28-3/h4-9,13-14,18H,11-12H2,1-3H3,(H,23,27)(H,25,26)/t18-/m0/s1. The van der Waals surface area contributed by atoms with E-state index in [0.717, 1.165) is 5.56 Å². The summed E-state index contributed by atoms with van der Waals surface area (Å²) in [7, 11) is 1.59. The first-order chi connectivity index (χ1) is 13.5. The summed E-state index contributed by atoms with van der Waals surface area (Å²) in [6.07, 6.45) is 1.94. The van der Waals surface area contributed by atoms with Crippen molar-refractivity contribution in [3.8, 4) is 23.1 Å². The molecular formula is C21H24N4O3. The van der Waals surface area contributed by atoms with Gasteiger partial charge in [0.15, 0.2) is 0 Å². The summed E-state index contributed by atoms with van der Waals surface area (Å²) in [6, 6.07) is 12.0. The van der Waals surface area contributed by atoms with E-state index in [-0.39, 0.29) is 18.4 Å². The Bertz CT molecular complexity index is 857. The summed E-state index contributed by atoms with van der Waals surface area (Å²) < 4.78 is 5.34. The van der Waals surface area contributed by atoms with Crippen molar-refractivity contribution in [2.24, 2.45) is 5.92 Å². The van der Waals surface area contributed by atoms with Crippen LogP contribution in [0.3, 0.4) is 0 Å². The second kappa shape index (κ2) is 10.1. The van der Waals surface area contributed by atoms with Crippen LogP contribution in [-0.4, -0.2) is 36.5 Å². The minimum absolute atomic E-state index is 0.0987. The lowest BCUT2D eigenvalue weighted by atomic mass is 10.0. The molecule has 1 heterocycles. The average Bonchev–Trinajstić information content (AvgIpc) is 2.71. The highest BCUT2D eigenvalue weighted by Crippen LogP contribution is 2.27. The Labute approximate surface area is 164 Å². The molecule has 0 aliphatic rings. The summed E-state index contributed by atoms with van der Waals surface area (Å²) in [5, 5.41) is 13.9. The molecule has 1 aromatic carbocycles. The number of nitrogens with one attached hydrogen (secondary N) is 2. The van der Waals surface area contributed by atoms with Crippen molar-refractivity contribution in [2.75, 3.05) is 13.7 Å². The number of amides is 2. The highest BCUT2D eigenvalue weighted by molar-refractivity contribution is 5.97. The van der Waals surface area contributed by atoms with Gasteiger partial charge in [0.1, 0.15) is 18.3 Å². The minimum Gasteiger partial charge on any atom is -0.496 e. The van der Waals surface area contributed by atoms with E-state index in [1.807, 2.05) is 44.2 Å². The lowest BCUT2D eigenvalue weighted by molar-refractivity contribution is -0.123. The molecule has 1 atom stereocenters. The number of pyridine rings is 1. The zero-order chi connectivity index (χ0) is 20.5. The molecule has 0 radical (unpaired) electrons. The number of benzene rings is 1. The molecule has 7 nitrogen and oxygen atoms in total. The van der Waals surface area contributed by atoms with Crippen LogP contribution in [0.1, 0.15) is 30.6 Å². The minimum atomic E-state index is -0.713. The Morgan fingerprint density at radius 1 is 1.21 bits per heavy atom. The van der Waals surface area contributed by atoms with Crippen LogP contribution in [0.4, 0.5) is 0 Å². The van der Waals surface area contributed by atoms with Crippen molar-refractivity contribution in [1.29, 1.82) is 5.26 Å². The van der Waals surface area contributed by atoms with E-state index >= 15 is 0 Å². The number of carbonyl (C=O) groups is 2. The van der Waals surface area contributed by atoms with Gasteiger partial charge in [0, 0.05) is 11.8 Å². The fourth-order valence-corrected chi connectivity index (χ4v) is 2.74. The van der Waals surface area contributed by atoms with Gasteiger partial charge in [-0.1, -0.05) is 26.0 Å². The molecule has 0 bridgehead atoms. The molecule has 146 valence electrons. The van der Waals surface area contributed by atoms with Gasteiger partial charge in [-0.2, -0.15) is 5.26 Å². The molecule has 0 fully saturated rings. The van der Waals surface area contributed by atoms with Crippen LogP contribution >= 0.6 is 0 Å². The number of ether oxygens (including phenoxy) is 1. The van der Waals surface area contributed by atoms with E-state index in [0.29, 0.717) is 23.4 Å². The van der Waals surface area contributed by atoms with Crippen molar-refractivity contribution in [3.63, 3.8) is 0 Å². The van der Waals surface area contributed by atoms with Gasteiger partial charge in [-0.05, 0) is 36.6 Å². The lowest BCUT2D eigenvalue weighted by Gasteiger charge is -2.19. The molecule has 0 spiro atoms. The van der Waals surface area contributed by atoms with Gasteiger partial charge < -0.3 is 15.4 Å². The van der Waals surface area contributed by atoms with E-state index in [4.69, 9.17) is 10.00 Å². The van der Waals surface area contributed by atoms with Gasteiger partial charge in [0.2, 0.25) is 5.91 Å². The molecule has 2 aromatic rings. The molecule has 0 unspecified atom stereocenters. The quantitative estimate of drug-likeness (QED) is 0.685. The summed E-state index contributed by atoms with van der Waals surface area (Å²) in [6.45, 7) is 3.82. The first kappa shape index (κ1) is 20.9. The molecule has 2 amide bonds. The highest BCUT2D eigenvalue weighted by atomic mass is 16.5. The molecule has 0 saturated carbocycles. The SMILES string of the molecule is COc1ccccc1-c1ccc(C(=O)N[C@@H](CC(C)C)C(=O)NCC#N)cn1. The van der Waals surface area contributed by atoms with Crippen molar-refractivity contribution in [1.82, 2.24) is 15.6 Å². The van der Waals surface area contributed by atoms with Gasteiger partial charge in [0.25, 0.3) is 5.91 Å². The van der Waals surface area contributed by atoms with Gasteiger partial charge in [-0.3, -0.25) is 14.6 Å². The summed E-state index contributed by atoms with van der Waals surface area (Å²) >= 11 is 0. The van der Waals surface area contributed by atoms with E-state index in [2.05, 4.69) is 15.6 Å². The summed E-state index contributed by atoms with van der Waals surface area (Å²) in [5.74, 6) is 0.126. The second-order valence-corrected chi connectivity index (χ2v) is 6.66. The molecular weight excluding hydrogens is 356 g/mol. The van der Waals surface area contributed by atoms with E-state index in [1.54, 1.807) is 19.2 Å². The van der Waals surface area contributed by atoms with Crippen LogP contribution in [-0.2, 0) is 4.79 Å². The molecule has 2 N–H and O–H groups in total. The molecule has 2 rings (SSSR count). The largest absolute Gasteiger partial charge is 0.496 e. The van der Waals surface area contributed by atoms with Crippen LogP contribution in [0.5, 0.6) is 5.75 Å². The maximum Gasteiger partial charge on any atom is 0.253 e. The Morgan fingerprint density at radius 3 is 2.57 bits per heavy atom. The molecule has 0 aliphatic heterocycles. The van der Waals surface area contributed by atoms with Crippen molar-refractivity contribution in [2.45, 2.75) is 26.3 Å². The third kappa shape index (κ3) is 5.55. The second-order valence-electron chi connectivity index (χ2n) is 6.66. The number of nitriles is 1. The first-order valence-corrected chi connectivity index (χ1v) is 9.01. The number of carbonyl (C=O) groups excluding carboxylic acids is 2. The van der Waals surface area contributed by atoms with Crippen LogP contribution in [0, 0.1) is 17.2 Å². The first-order valence-electron chi connectivity index (χ1n) is 9.01. The topological polar surface area (TPSA) is 104 Å². The van der Waals surface area contributed by atoms with Gasteiger partial charge in [-0.15, -0.1) is 0 Å². The predicted octanol–water partition coefficient (Wildman–Crippen LogP) is 2.54. The number of rotatable bonds is 8. The average molecular weight is 380 g/mol. The Balaban J connectivity index is 2.14. The van der Waals surface area contributed by atoms with Crippen molar-refractivity contribution >= 4 is 11.8 Å². The van der Waals surface area contributed by atoms with E-state index < -0.39 is 11.9 Å². The molecule has 1 aromatic heterocycles. The number of para-hydroxylation sites is 1. The summed E-state index contributed by atoms with van der Waals surface area (Å²) in [5.41, 5.74) is 1.85. The Morgan fingerprint density at radius 2 is 1.96 bits per heavy atom. The number of aromatic nitrogens is 1. The third-order valence-corrected chi connectivity index (χ3v) is 4.08. The maximum atomic E-state index is 12.6. The third-order valence-electron chi connectivity index (χ3n) is 4.08.